The van der Waals surface area contributed by atoms with Crippen LogP contribution in [0.1, 0.15) is 53.7 Å². The highest BCUT2D eigenvalue weighted by Crippen LogP contribution is 2.30. The van der Waals surface area contributed by atoms with Crippen molar-refractivity contribution in [3.63, 3.8) is 0 Å². The number of amides is 2. The fourth-order valence-corrected chi connectivity index (χ4v) is 5.49. The molecule has 0 aliphatic heterocycles. The second-order valence-corrected chi connectivity index (χ2v) is 13.4. The summed E-state index contributed by atoms with van der Waals surface area (Å²) in [6, 6.07) is 32.4. The van der Waals surface area contributed by atoms with Crippen molar-refractivity contribution in [1.29, 1.82) is 0 Å². The highest BCUT2D eigenvalue weighted by atomic mass is 32.2. The minimum absolute atomic E-state index is 0.00638. The first-order valence-electron chi connectivity index (χ1n) is 15.0. The predicted octanol–water partition coefficient (Wildman–Crippen LogP) is 6.48. The molecule has 0 aliphatic carbocycles. The number of anilines is 1. The van der Waals surface area contributed by atoms with E-state index in [9.17, 15) is 18.0 Å². The maximum Gasteiger partial charge on any atom is 0.333 e. The summed E-state index contributed by atoms with van der Waals surface area (Å²) in [6.07, 6.45) is 0.401. The van der Waals surface area contributed by atoms with Crippen molar-refractivity contribution in [2.45, 2.75) is 38.5 Å². The predicted molar refractivity (Wildman–Crippen MR) is 180 cm³/mol. The molecule has 5 aromatic rings. The van der Waals surface area contributed by atoms with Crippen LogP contribution in [-0.4, -0.2) is 37.9 Å². The highest BCUT2D eigenvalue weighted by molar-refractivity contribution is 7.83. The Labute approximate surface area is 268 Å². The molecule has 1 unspecified atom stereocenters. The number of furan rings is 1. The minimum atomic E-state index is -4.32. The minimum Gasteiger partial charge on any atom is -0.456 e. The summed E-state index contributed by atoms with van der Waals surface area (Å²) in [4.78, 5) is 26.3. The van der Waals surface area contributed by atoms with Crippen molar-refractivity contribution in [1.82, 2.24) is 10.0 Å². The lowest BCUT2D eigenvalue weighted by Crippen LogP contribution is -2.34. The van der Waals surface area contributed by atoms with Gasteiger partial charge < -0.3 is 15.1 Å². The monoisotopic (exact) mass is 639 g/mol. The molecular formula is C36H37N3O6S. The van der Waals surface area contributed by atoms with E-state index in [1.54, 1.807) is 24.3 Å². The molecule has 5 rings (SSSR count). The first kappa shape index (κ1) is 32.6. The van der Waals surface area contributed by atoms with Crippen LogP contribution in [0.15, 0.2) is 108 Å². The van der Waals surface area contributed by atoms with Gasteiger partial charge in [0.1, 0.15) is 11.3 Å². The molecule has 0 bridgehead atoms. The number of hydrogen-bond acceptors (Lipinski definition) is 5. The molecule has 238 valence electrons. The molecule has 0 radical (unpaired) electrons. The van der Waals surface area contributed by atoms with Gasteiger partial charge >= 0.3 is 10.3 Å². The van der Waals surface area contributed by atoms with Crippen LogP contribution in [0.3, 0.4) is 0 Å². The average Bonchev–Trinajstić information content (AvgIpc) is 3.46. The first-order valence-corrected chi connectivity index (χ1v) is 16.4. The number of fused-ring (bicyclic) bond motifs is 1. The summed E-state index contributed by atoms with van der Waals surface area (Å²) >= 11 is 0. The van der Waals surface area contributed by atoms with Crippen LogP contribution in [0.2, 0.25) is 0 Å². The Balaban J connectivity index is 1.31. The molecule has 4 aromatic carbocycles. The van der Waals surface area contributed by atoms with E-state index in [0.29, 0.717) is 17.7 Å². The average molecular weight is 640 g/mol. The molecule has 1 atom stereocenters. The topological polar surface area (TPSA) is 138 Å². The summed E-state index contributed by atoms with van der Waals surface area (Å²) in [7, 11) is -4.32. The number of nitrogens with one attached hydrogen (secondary N) is 3. The molecule has 2 amide bonds. The van der Waals surface area contributed by atoms with E-state index < -0.39 is 16.2 Å². The van der Waals surface area contributed by atoms with Crippen molar-refractivity contribution < 1.29 is 27.0 Å². The zero-order valence-electron chi connectivity index (χ0n) is 25.9. The Morgan fingerprint density at radius 1 is 0.848 bits per heavy atom. The third-order valence-corrected chi connectivity index (χ3v) is 8.28. The normalized spacial score (nSPS) is 12.5. The Kier molecular flexibility index (Phi) is 9.71. The van der Waals surface area contributed by atoms with Crippen LogP contribution in [0.4, 0.5) is 5.69 Å². The summed E-state index contributed by atoms with van der Waals surface area (Å²) < 4.78 is 38.2. The molecule has 0 fully saturated rings. The van der Waals surface area contributed by atoms with Gasteiger partial charge in [0, 0.05) is 35.3 Å². The second kappa shape index (κ2) is 13.7. The molecule has 46 heavy (non-hydrogen) atoms. The Bertz CT molecular complexity index is 1890. The molecule has 0 saturated heterocycles. The van der Waals surface area contributed by atoms with E-state index in [1.807, 2.05) is 71.5 Å². The summed E-state index contributed by atoms with van der Waals surface area (Å²) in [5.41, 5.74) is 5.64. The van der Waals surface area contributed by atoms with Crippen LogP contribution in [0.5, 0.6) is 0 Å². The zero-order chi connectivity index (χ0) is 32.9. The van der Waals surface area contributed by atoms with Gasteiger partial charge in [-0.05, 0) is 77.1 Å². The molecule has 1 heterocycles. The van der Waals surface area contributed by atoms with E-state index in [2.05, 4.69) is 43.5 Å². The van der Waals surface area contributed by atoms with Gasteiger partial charge in [-0.3, -0.25) is 14.1 Å². The zero-order valence-corrected chi connectivity index (χ0v) is 26.7. The Hall–Kier alpha value is -4.77. The maximum absolute atomic E-state index is 13.8. The first-order chi connectivity index (χ1) is 21.9. The molecule has 0 spiro atoms. The standard InChI is InChI=1S/C36H37N3O6S/c1-36(2,3)29-16-12-25(13-17-29)31(22-24-8-10-27(11-9-24)34(40)37-20-21-38-46(42,43)44)35(41)39-30-18-14-26(15-19-30)33-23-28-6-4-5-7-32(28)45-33/h4-19,23,31,38H,20-22H2,1-3H3,(H,37,40)(H,39,41)(H,42,43,44). The van der Waals surface area contributed by atoms with Crippen molar-refractivity contribution in [3.05, 3.63) is 125 Å². The second-order valence-electron chi connectivity index (χ2n) is 12.2. The Morgan fingerprint density at radius 2 is 1.52 bits per heavy atom. The molecular weight excluding hydrogens is 602 g/mol. The van der Waals surface area contributed by atoms with Gasteiger partial charge in [0.15, 0.2) is 0 Å². The fraction of sp³-hybridized carbons (Fsp3) is 0.222. The largest absolute Gasteiger partial charge is 0.456 e. The van der Waals surface area contributed by atoms with Gasteiger partial charge in [0.25, 0.3) is 5.91 Å². The van der Waals surface area contributed by atoms with Crippen LogP contribution >= 0.6 is 0 Å². The lowest BCUT2D eigenvalue weighted by molar-refractivity contribution is -0.117. The molecule has 10 heteroatoms. The van der Waals surface area contributed by atoms with E-state index in [-0.39, 0.29) is 30.3 Å². The van der Waals surface area contributed by atoms with E-state index in [1.165, 1.54) is 5.56 Å². The van der Waals surface area contributed by atoms with Crippen LogP contribution in [0.25, 0.3) is 22.3 Å². The number of benzene rings is 4. The Morgan fingerprint density at radius 3 is 2.15 bits per heavy atom. The van der Waals surface area contributed by atoms with Crippen molar-refractivity contribution in [2.24, 2.45) is 0 Å². The van der Waals surface area contributed by atoms with Crippen LogP contribution < -0.4 is 15.4 Å². The molecule has 0 saturated carbocycles. The van der Waals surface area contributed by atoms with Gasteiger partial charge in [-0.15, -0.1) is 0 Å². The van der Waals surface area contributed by atoms with Gasteiger partial charge in [0.2, 0.25) is 5.91 Å². The maximum atomic E-state index is 13.8. The summed E-state index contributed by atoms with van der Waals surface area (Å²) in [5.74, 6) is -0.298. The van der Waals surface area contributed by atoms with Crippen molar-refractivity contribution in [3.8, 4) is 11.3 Å². The number of hydrogen-bond donors (Lipinski definition) is 4. The smallest absolute Gasteiger partial charge is 0.333 e. The van der Waals surface area contributed by atoms with Gasteiger partial charge in [-0.1, -0.05) is 75.4 Å². The fourth-order valence-electron chi connectivity index (χ4n) is 5.13. The molecule has 1 aromatic heterocycles. The van der Waals surface area contributed by atoms with Crippen molar-refractivity contribution >= 4 is 38.8 Å². The number of para-hydroxylation sites is 1. The SMILES string of the molecule is CC(C)(C)c1ccc(C(Cc2ccc(C(=O)NCCNS(=O)(=O)O)cc2)C(=O)Nc2ccc(-c3cc4ccccc4o3)cc2)cc1. The third-order valence-electron chi connectivity index (χ3n) is 7.71. The molecule has 9 nitrogen and oxygen atoms in total. The van der Waals surface area contributed by atoms with Gasteiger partial charge in [-0.2, -0.15) is 13.1 Å². The van der Waals surface area contributed by atoms with E-state index in [0.717, 1.165) is 33.4 Å². The van der Waals surface area contributed by atoms with Crippen LogP contribution in [0, 0.1) is 0 Å². The lowest BCUT2D eigenvalue weighted by Gasteiger charge is -2.22. The summed E-state index contributed by atoms with van der Waals surface area (Å²) in [5, 5.41) is 6.70. The van der Waals surface area contributed by atoms with E-state index >= 15 is 0 Å². The number of carbonyl (C=O) groups excluding carboxylic acids is 2. The van der Waals surface area contributed by atoms with Gasteiger partial charge in [-0.25, -0.2) is 0 Å². The number of rotatable bonds is 11. The van der Waals surface area contributed by atoms with Gasteiger partial charge in [0.05, 0.1) is 5.92 Å². The molecule has 0 aliphatic rings. The van der Waals surface area contributed by atoms with Crippen molar-refractivity contribution in [2.75, 3.05) is 18.4 Å². The summed E-state index contributed by atoms with van der Waals surface area (Å²) in [6.45, 7) is 6.29. The number of carbonyl (C=O) groups is 2. The van der Waals surface area contributed by atoms with Crippen LogP contribution in [-0.2, 0) is 26.9 Å². The third kappa shape index (κ3) is 8.48. The quantitative estimate of drug-likeness (QED) is 0.0964. The van der Waals surface area contributed by atoms with E-state index in [4.69, 9.17) is 8.97 Å². The highest BCUT2D eigenvalue weighted by Gasteiger charge is 2.23. The lowest BCUT2D eigenvalue weighted by atomic mass is 9.84. The molecule has 4 N–H and O–H groups in total.